The Hall–Kier alpha value is -1.67. The van der Waals surface area contributed by atoms with Crippen LogP contribution in [0.25, 0.3) is 0 Å². The van der Waals surface area contributed by atoms with Gasteiger partial charge < -0.3 is 50.0 Å². The van der Waals surface area contributed by atoms with Gasteiger partial charge in [-0.1, -0.05) is 39.8 Å². The second kappa shape index (κ2) is 12.0. The van der Waals surface area contributed by atoms with Gasteiger partial charge in [0.05, 0.1) is 24.9 Å². The smallest absolute Gasteiger partial charge is 0.334 e. The molecule has 3 fully saturated rings. The maximum absolute atomic E-state index is 13.3. The zero-order valence-electron chi connectivity index (χ0n) is 27.5. The molecular formula is C35H52O11. The second-order valence-electron chi connectivity index (χ2n) is 15.6. The van der Waals surface area contributed by atoms with Crippen molar-refractivity contribution in [3.8, 4) is 0 Å². The zero-order valence-corrected chi connectivity index (χ0v) is 27.5. The van der Waals surface area contributed by atoms with Gasteiger partial charge in [-0.2, -0.15) is 0 Å². The van der Waals surface area contributed by atoms with Gasteiger partial charge in [0.25, 0.3) is 0 Å². The van der Waals surface area contributed by atoms with E-state index in [2.05, 4.69) is 26.0 Å². The van der Waals surface area contributed by atoms with E-state index in [1.807, 2.05) is 0 Å². The fourth-order valence-electron chi connectivity index (χ4n) is 9.85. The van der Waals surface area contributed by atoms with Crippen molar-refractivity contribution in [2.75, 3.05) is 6.61 Å². The van der Waals surface area contributed by atoms with Crippen molar-refractivity contribution < 1.29 is 54.8 Å². The van der Waals surface area contributed by atoms with Crippen LogP contribution in [-0.2, 0) is 19.0 Å². The van der Waals surface area contributed by atoms with Gasteiger partial charge in [0, 0.05) is 11.5 Å². The van der Waals surface area contributed by atoms with E-state index in [-0.39, 0.29) is 29.3 Å². The molecule has 11 heteroatoms. The molecule has 0 bridgehead atoms. The Morgan fingerprint density at radius 3 is 2.41 bits per heavy atom. The fourth-order valence-corrected chi connectivity index (χ4v) is 9.85. The molecule has 7 N–H and O–H groups in total. The maximum atomic E-state index is 13.3. The lowest BCUT2D eigenvalue weighted by atomic mass is 9.52. The van der Waals surface area contributed by atoms with Gasteiger partial charge in [0.1, 0.15) is 30.0 Å². The Bertz CT molecular complexity index is 1280. The first-order valence-corrected chi connectivity index (χ1v) is 17.0. The number of hydrogen-bond donors (Lipinski definition) is 7. The number of carbonyl (C=O) groups is 1. The van der Waals surface area contributed by atoms with Gasteiger partial charge >= 0.3 is 5.97 Å². The summed E-state index contributed by atoms with van der Waals surface area (Å²) in [7, 11) is 0. The highest BCUT2D eigenvalue weighted by molar-refractivity contribution is 5.92. The molecule has 46 heavy (non-hydrogen) atoms. The number of rotatable bonds is 7. The number of allylic oxidation sites excluding steroid dienone is 4. The van der Waals surface area contributed by atoms with Crippen molar-refractivity contribution in [2.45, 2.75) is 134 Å². The predicted molar refractivity (Wildman–Crippen MR) is 165 cm³/mol. The highest BCUT2D eigenvalue weighted by atomic mass is 16.7. The third kappa shape index (κ3) is 5.08. The molecule has 0 aromatic rings. The minimum atomic E-state index is -1.65. The normalized spacial score (nSPS) is 47.5. The van der Waals surface area contributed by atoms with Crippen LogP contribution < -0.4 is 0 Å². The number of hydrogen-bond acceptors (Lipinski definition) is 11. The van der Waals surface area contributed by atoms with Gasteiger partial charge in [0.15, 0.2) is 12.4 Å². The van der Waals surface area contributed by atoms with E-state index in [0.717, 1.165) is 12.8 Å². The number of fused-ring (bicyclic) bond motifs is 5. The number of cyclic esters (lactones) is 1. The molecule has 6 aliphatic rings. The Morgan fingerprint density at radius 1 is 1.04 bits per heavy atom. The first kappa shape index (κ1) is 34.2. The summed E-state index contributed by atoms with van der Waals surface area (Å²) in [4.78, 5) is 13.3. The van der Waals surface area contributed by atoms with E-state index in [0.29, 0.717) is 31.3 Å². The molecule has 11 nitrogen and oxygen atoms in total. The molecule has 2 aliphatic heterocycles. The average molecular weight is 649 g/mol. The Kier molecular flexibility index (Phi) is 8.95. The van der Waals surface area contributed by atoms with Gasteiger partial charge in [-0.25, -0.2) is 4.79 Å². The largest absolute Gasteiger partial charge is 0.452 e. The zero-order chi connectivity index (χ0) is 33.5. The molecule has 0 spiro atoms. The van der Waals surface area contributed by atoms with Gasteiger partial charge in [0.2, 0.25) is 0 Å². The molecule has 4 aliphatic carbocycles. The van der Waals surface area contributed by atoms with Crippen molar-refractivity contribution in [1.82, 2.24) is 0 Å². The van der Waals surface area contributed by atoms with Crippen molar-refractivity contribution >= 4 is 5.97 Å². The monoisotopic (exact) mass is 648 g/mol. The van der Waals surface area contributed by atoms with Crippen LogP contribution in [0, 0.1) is 34.5 Å². The minimum Gasteiger partial charge on any atom is -0.452 e. The summed E-state index contributed by atoms with van der Waals surface area (Å²) >= 11 is 0. The quantitative estimate of drug-likeness (QED) is 0.197. The van der Waals surface area contributed by atoms with E-state index in [1.54, 1.807) is 19.9 Å². The number of esters is 1. The number of aliphatic hydroxyl groups excluding tert-OH is 6. The van der Waals surface area contributed by atoms with Crippen molar-refractivity contribution in [3.05, 3.63) is 34.9 Å². The maximum Gasteiger partial charge on any atom is 0.334 e. The lowest BCUT2D eigenvalue weighted by Crippen LogP contribution is -2.60. The summed E-state index contributed by atoms with van der Waals surface area (Å²) < 4.78 is 17.4. The van der Waals surface area contributed by atoms with Crippen LogP contribution in [0.4, 0.5) is 0 Å². The molecular weight excluding hydrogens is 596 g/mol. The van der Waals surface area contributed by atoms with E-state index >= 15 is 0 Å². The Labute approximate surface area is 270 Å². The van der Waals surface area contributed by atoms with E-state index in [9.17, 15) is 40.5 Å². The second-order valence-corrected chi connectivity index (χ2v) is 15.6. The SMILES string of the molecule is CC(C)[C@@](O)([C@H](C)O)[C@H]1C=C([C@H]2[C@H](O)C[C@H]3C4=CC[C@H]5C[C@@H](O[C@@H]6O[C@H](CO)[C@@H](O)[C@H](O)[C@H]6O)CC[C@]5(C)C4=CC[C@@]32C)C(=O)O1. The number of carbonyl (C=O) groups excluding carboxylic acids is 1. The fraction of sp³-hybridized carbons (Fsp3) is 0.800. The molecule has 258 valence electrons. The predicted octanol–water partition coefficient (Wildman–Crippen LogP) is 1.26. The summed E-state index contributed by atoms with van der Waals surface area (Å²) in [5.41, 5.74) is 0.670. The number of aliphatic hydroxyl groups is 7. The van der Waals surface area contributed by atoms with Gasteiger partial charge in [-0.05, 0) is 91.3 Å². The van der Waals surface area contributed by atoms with E-state index in [4.69, 9.17) is 14.2 Å². The van der Waals surface area contributed by atoms with Crippen LogP contribution in [0.2, 0.25) is 0 Å². The summed E-state index contributed by atoms with van der Waals surface area (Å²) in [6.45, 7) is 8.97. The Morgan fingerprint density at radius 2 is 1.76 bits per heavy atom. The van der Waals surface area contributed by atoms with E-state index in [1.165, 1.54) is 18.1 Å². The molecule has 0 amide bonds. The van der Waals surface area contributed by atoms with Gasteiger partial charge in [-0.3, -0.25) is 0 Å². The van der Waals surface area contributed by atoms with Crippen LogP contribution in [-0.4, -0.2) is 109 Å². The van der Waals surface area contributed by atoms with Crippen LogP contribution in [0.3, 0.4) is 0 Å². The topological polar surface area (TPSA) is 186 Å². The van der Waals surface area contributed by atoms with Crippen LogP contribution in [0.1, 0.15) is 73.1 Å². The lowest BCUT2D eigenvalue weighted by Gasteiger charge is -2.53. The molecule has 0 aromatic heterocycles. The first-order chi connectivity index (χ1) is 21.6. The molecule has 2 saturated carbocycles. The molecule has 2 heterocycles. The van der Waals surface area contributed by atoms with Crippen LogP contribution in [0.5, 0.6) is 0 Å². The third-order valence-corrected chi connectivity index (χ3v) is 12.8. The molecule has 1 saturated heterocycles. The van der Waals surface area contributed by atoms with Crippen LogP contribution >= 0.6 is 0 Å². The minimum absolute atomic E-state index is 0.0295. The Balaban J connectivity index is 1.21. The highest BCUT2D eigenvalue weighted by Gasteiger charge is 2.61. The summed E-state index contributed by atoms with van der Waals surface area (Å²) in [6.07, 6.45) is 0.754. The first-order valence-electron chi connectivity index (χ1n) is 17.0. The number of ether oxygens (including phenoxy) is 3. The third-order valence-electron chi connectivity index (χ3n) is 12.8. The van der Waals surface area contributed by atoms with Gasteiger partial charge in [-0.15, -0.1) is 0 Å². The van der Waals surface area contributed by atoms with Crippen molar-refractivity contribution in [2.24, 2.45) is 34.5 Å². The summed E-state index contributed by atoms with van der Waals surface area (Å²) in [5.74, 6) is -1.13. The molecule has 6 rings (SSSR count). The molecule has 15 atom stereocenters. The van der Waals surface area contributed by atoms with E-state index < -0.39 is 78.5 Å². The molecule has 0 aromatic carbocycles. The summed E-state index contributed by atoms with van der Waals surface area (Å²) in [6, 6.07) is 0. The molecule has 0 unspecified atom stereocenters. The van der Waals surface area contributed by atoms with Crippen molar-refractivity contribution in [3.63, 3.8) is 0 Å². The summed E-state index contributed by atoms with van der Waals surface area (Å²) in [5, 5.41) is 73.7. The lowest BCUT2D eigenvalue weighted by molar-refractivity contribution is -0.314. The molecule has 0 radical (unpaired) electrons. The van der Waals surface area contributed by atoms with Crippen LogP contribution in [0.15, 0.2) is 34.9 Å². The average Bonchev–Trinajstić information content (AvgIpc) is 3.51. The highest BCUT2D eigenvalue weighted by Crippen LogP contribution is 2.65. The standard InChI is InChI=1S/C35H52O11/c1-16(2)35(43,17(3)37)26-13-21(31(42)46-26)27-24(38)14-23-20-7-6-18-12-19(8-10-33(18,4)22(20)9-11-34(23,27)5)44-32-30(41)29(40)28(39)25(15-36)45-32/h7,9,13,16-19,23-30,32,36-41,43H,6,8,10-12,14-15H2,1-5H3/t17-,18-,19-,23-,24+,25+,26+,27-,28+,29-,30+,32+,33-,34-,35+/m0/s1. The van der Waals surface area contributed by atoms with Crippen molar-refractivity contribution in [1.29, 1.82) is 0 Å².